The van der Waals surface area contributed by atoms with Crippen LogP contribution in [-0.2, 0) is 5.41 Å². The molecule has 2 aromatic heterocycles. The second kappa shape index (κ2) is 8.41. The third-order valence-corrected chi connectivity index (χ3v) is 9.38. The summed E-state index contributed by atoms with van der Waals surface area (Å²) >= 11 is 0. The fourth-order valence-electron chi connectivity index (χ4n) is 7.35. The molecular formula is C40H28N2. The Bertz CT molecular complexity index is 2390. The normalized spacial score (nSPS) is 13.7. The van der Waals surface area contributed by atoms with Gasteiger partial charge >= 0.3 is 0 Å². The van der Waals surface area contributed by atoms with Crippen LogP contribution in [0.2, 0.25) is 0 Å². The van der Waals surface area contributed by atoms with E-state index in [1.165, 1.54) is 65.9 Å². The van der Waals surface area contributed by atoms with Crippen molar-refractivity contribution in [3.05, 3.63) is 145 Å². The molecule has 6 aromatic carbocycles. The number of rotatable bonds is 2. The van der Waals surface area contributed by atoms with E-state index < -0.39 is 0 Å². The quantitative estimate of drug-likeness (QED) is 0.201. The molecule has 2 heteroatoms. The van der Waals surface area contributed by atoms with E-state index in [-0.39, 0.29) is 5.41 Å². The lowest BCUT2D eigenvalue weighted by Crippen LogP contribution is -2.15. The zero-order valence-corrected chi connectivity index (χ0v) is 23.6. The van der Waals surface area contributed by atoms with Gasteiger partial charge in [-0.15, -0.1) is 0 Å². The molecule has 0 aliphatic heterocycles. The highest BCUT2D eigenvalue weighted by atomic mass is 15.0. The Morgan fingerprint density at radius 2 is 1.17 bits per heavy atom. The average Bonchev–Trinajstić information content (AvgIpc) is 3.49. The maximum absolute atomic E-state index is 5.19. The molecule has 0 bridgehead atoms. The molecule has 0 saturated carbocycles. The zero-order valence-electron chi connectivity index (χ0n) is 23.6. The highest BCUT2D eigenvalue weighted by Gasteiger charge is 2.35. The Morgan fingerprint density at radius 1 is 0.500 bits per heavy atom. The molecule has 0 saturated heterocycles. The van der Waals surface area contributed by atoms with Gasteiger partial charge in [-0.05, 0) is 64.0 Å². The van der Waals surface area contributed by atoms with Crippen molar-refractivity contribution < 1.29 is 0 Å². The van der Waals surface area contributed by atoms with Crippen LogP contribution in [0, 0.1) is 0 Å². The van der Waals surface area contributed by atoms with Crippen molar-refractivity contribution in [1.82, 2.24) is 9.55 Å². The van der Waals surface area contributed by atoms with Crippen LogP contribution in [-0.4, -0.2) is 9.55 Å². The van der Waals surface area contributed by atoms with Crippen molar-refractivity contribution in [3.8, 4) is 28.1 Å². The minimum absolute atomic E-state index is 0.0450. The van der Waals surface area contributed by atoms with Crippen molar-refractivity contribution in [3.63, 3.8) is 0 Å². The van der Waals surface area contributed by atoms with Crippen LogP contribution in [0.4, 0.5) is 0 Å². The van der Waals surface area contributed by atoms with Gasteiger partial charge in [0.25, 0.3) is 0 Å². The molecule has 8 aromatic rings. The van der Waals surface area contributed by atoms with Gasteiger partial charge in [0.15, 0.2) is 0 Å². The number of benzene rings is 6. The Labute approximate surface area is 244 Å². The van der Waals surface area contributed by atoms with Gasteiger partial charge in [0.05, 0.1) is 22.2 Å². The van der Waals surface area contributed by atoms with E-state index in [9.17, 15) is 0 Å². The topological polar surface area (TPSA) is 17.8 Å². The van der Waals surface area contributed by atoms with Gasteiger partial charge in [-0.3, -0.25) is 0 Å². The predicted octanol–water partition coefficient (Wildman–Crippen LogP) is 10.5. The molecule has 1 aliphatic rings. The maximum Gasteiger partial charge on any atom is 0.0788 e. The largest absolute Gasteiger partial charge is 0.309 e. The first-order valence-electron chi connectivity index (χ1n) is 14.7. The number of hydrogen-bond acceptors (Lipinski definition) is 1. The number of fused-ring (bicyclic) bond motifs is 9. The van der Waals surface area contributed by atoms with Crippen LogP contribution in [0.3, 0.4) is 0 Å². The van der Waals surface area contributed by atoms with Crippen LogP contribution in [0.25, 0.3) is 71.6 Å². The van der Waals surface area contributed by atoms with E-state index in [0.29, 0.717) is 0 Å². The second-order valence-electron chi connectivity index (χ2n) is 12.0. The van der Waals surface area contributed by atoms with Gasteiger partial charge in [0, 0.05) is 38.2 Å². The first-order chi connectivity index (χ1) is 20.6. The first-order valence-corrected chi connectivity index (χ1v) is 14.7. The Hall–Kier alpha value is -5.21. The molecule has 0 spiro atoms. The van der Waals surface area contributed by atoms with E-state index in [2.05, 4.69) is 152 Å². The first kappa shape index (κ1) is 23.5. The number of pyridine rings is 1. The van der Waals surface area contributed by atoms with Crippen molar-refractivity contribution in [1.29, 1.82) is 0 Å². The lowest BCUT2D eigenvalue weighted by atomic mass is 9.82. The second-order valence-corrected chi connectivity index (χ2v) is 12.0. The summed E-state index contributed by atoms with van der Waals surface area (Å²) in [4.78, 5) is 5.19. The number of aromatic nitrogens is 2. The Balaban J connectivity index is 1.29. The molecule has 0 radical (unpaired) electrons. The van der Waals surface area contributed by atoms with Gasteiger partial charge in [0.2, 0.25) is 0 Å². The summed E-state index contributed by atoms with van der Waals surface area (Å²) in [6.45, 7) is 4.70. The third-order valence-electron chi connectivity index (χ3n) is 9.38. The zero-order chi connectivity index (χ0) is 28.0. The average molecular weight is 537 g/mol. The van der Waals surface area contributed by atoms with Gasteiger partial charge in [0.1, 0.15) is 0 Å². The van der Waals surface area contributed by atoms with Gasteiger partial charge in [-0.1, -0.05) is 111 Å². The monoisotopic (exact) mass is 536 g/mol. The minimum Gasteiger partial charge on any atom is -0.309 e. The smallest absolute Gasteiger partial charge is 0.0788 e. The lowest BCUT2D eigenvalue weighted by molar-refractivity contribution is 0.660. The van der Waals surface area contributed by atoms with Gasteiger partial charge in [-0.2, -0.15) is 0 Å². The molecule has 2 heterocycles. The molecule has 42 heavy (non-hydrogen) atoms. The fourth-order valence-corrected chi connectivity index (χ4v) is 7.35. The van der Waals surface area contributed by atoms with E-state index in [1.54, 1.807) is 0 Å². The van der Waals surface area contributed by atoms with E-state index in [0.717, 1.165) is 16.8 Å². The summed E-state index contributed by atoms with van der Waals surface area (Å²) < 4.78 is 2.43. The summed E-state index contributed by atoms with van der Waals surface area (Å²) in [6.07, 6.45) is 0. The van der Waals surface area contributed by atoms with Crippen LogP contribution >= 0.6 is 0 Å². The fraction of sp³-hybridized carbons (Fsp3) is 0.0750. The SMILES string of the molecule is CC1(C)c2ccccc2-c2ccc(-n3c4ccccc4c4cc(-c5nc6ccccc6c6ccccc56)ccc43)cc21. The minimum atomic E-state index is -0.0450. The highest BCUT2D eigenvalue weighted by molar-refractivity contribution is 6.14. The standard InChI is InChI=1S/C40H28N2/c1-40(2)34-16-8-5-12-28(34)29-21-20-26(24-35(29)40)42-37-18-10-7-14-31(37)33-23-25(19-22-38(33)42)39-32-15-4-3-11-27(32)30-13-6-9-17-36(30)41-39/h3-24H,1-2H3. The highest BCUT2D eigenvalue weighted by Crippen LogP contribution is 2.49. The lowest BCUT2D eigenvalue weighted by Gasteiger charge is -2.22. The van der Waals surface area contributed by atoms with Gasteiger partial charge < -0.3 is 4.57 Å². The van der Waals surface area contributed by atoms with Crippen LogP contribution in [0.1, 0.15) is 25.0 Å². The van der Waals surface area contributed by atoms with Crippen LogP contribution in [0.15, 0.2) is 133 Å². The molecule has 198 valence electrons. The van der Waals surface area contributed by atoms with E-state index in [1.807, 2.05) is 0 Å². The summed E-state index contributed by atoms with van der Waals surface area (Å²) in [7, 11) is 0. The van der Waals surface area contributed by atoms with Crippen molar-refractivity contribution in [2.45, 2.75) is 19.3 Å². The molecule has 0 amide bonds. The molecular weight excluding hydrogens is 508 g/mol. The molecule has 0 fully saturated rings. The number of hydrogen-bond donors (Lipinski definition) is 0. The summed E-state index contributed by atoms with van der Waals surface area (Å²) in [5.74, 6) is 0. The molecule has 2 nitrogen and oxygen atoms in total. The molecule has 0 N–H and O–H groups in total. The van der Waals surface area contributed by atoms with Gasteiger partial charge in [-0.25, -0.2) is 4.98 Å². The van der Waals surface area contributed by atoms with Crippen molar-refractivity contribution in [2.75, 3.05) is 0 Å². The summed E-state index contributed by atoms with van der Waals surface area (Å²) in [6, 6.07) is 48.6. The number of nitrogens with zero attached hydrogens (tertiary/aromatic N) is 2. The van der Waals surface area contributed by atoms with Crippen LogP contribution in [0.5, 0.6) is 0 Å². The molecule has 0 unspecified atom stereocenters. The van der Waals surface area contributed by atoms with E-state index >= 15 is 0 Å². The third kappa shape index (κ3) is 3.12. The predicted molar refractivity (Wildman–Crippen MR) is 177 cm³/mol. The molecule has 1 aliphatic carbocycles. The number of para-hydroxylation sites is 2. The summed E-state index contributed by atoms with van der Waals surface area (Å²) in [5, 5.41) is 6.10. The summed E-state index contributed by atoms with van der Waals surface area (Å²) in [5.41, 5.74) is 12.2. The van der Waals surface area contributed by atoms with Crippen molar-refractivity contribution >= 4 is 43.5 Å². The molecule has 9 rings (SSSR count). The maximum atomic E-state index is 5.19. The molecule has 0 atom stereocenters. The van der Waals surface area contributed by atoms with E-state index in [4.69, 9.17) is 4.98 Å². The Kier molecular flexibility index (Phi) is 4.70. The van der Waals surface area contributed by atoms with Crippen molar-refractivity contribution in [2.24, 2.45) is 0 Å². The van der Waals surface area contributed by atoms with Crippen LogP contribution < -0.4 is 0 Å². The Morgan fingerprint density at radius 3 is 2.05 bits per heavy atom.